The lowest BCUT2D eigenvalue weighted by atomic mass is 10.2. The first kappa shape index (κ1) is 13.0. The van der Waals surface area contributed by atoms with Crippen LogP contribution < -0.4 is 5.32 Å². The molecule has 0 saturated carbocycles. The molecule has 0 aliphatic carbocycles. The lowest BCUT2D eigenvalue weighted by Gasteiger charge is -2.23. The van der Waals surface area contributed by atoms with Gasteiger partial charge in [-0.15, -0.1) is 0 Å². The van der Waals surface area contributed by atoms with Crippen LogP contribution in [0.15, 0.2) is 12.1 Å². The average molecular weight is 266 g/mol. The van der Waals surface area contributed by atoms with Crippen molar-refractivity contribution in [3.8, 4) is 6.07 Å². The van der Waals surface area contributed by atoms with Gasteiger partial charge in [-0.2, -0.15) is 5.26 Å². The van der Waals surface area contributed by atoms with Gasteiger partial charge < -0.3 is 5.32 Å². The molecule has 2 heterocycles. The Morgan fingerprint density at radius 2 is 2.33 bits per heavy atom. The fourth-order valence-corrected chi connectivity index (χ4v) is 2.94. The lowest BCUT2D eigenvalue weighted by Crippen LogP contribution is -2.31. The quantitative estimate of drug-likeness (QED) is 0.662. The predicted octanol–water partition coefficient (Wildman–Crippen LogP) is 1.52. The van der Waals surface area contributed by atoms with Crippen LogP contribution >= 0.6 is 11.3 Å². The summed E-state index contributed by atoms with van der Waals surface area (Å²) in [5.41, 5.74) is 0. The molecule has 6 nitrogen and oxygen atoms in total. The van der Waals surface area contributed by atoms with Crippen molar-refractivity contribution in [3.63, 3.8) is 0 Å². The first-order valence-electron chi connectivity index (χ1n) is 5.81. The highest BCUT2D eigenvalue weighted by molar-refractivity contribution is 7.15. The van der Waals surface area contributed by atoms with Crippen molar-refractivity contribution < 1.29 is 4.92 Å². The van der Waals surface area contributed by atoms with Crippen molar-refractivity contribution in [1.82, 2.24) is 10.2 Å². The molecule has 0 radical (unpaired) electrons. The molecule has 2 rings (SSSR count). The van der Waals surface area contributed by atoms with Crippen molar-refractivity contribution in [2.24, 2.45) is 0 Å². The standard InChI is InChI=1S/C11H14N4O2S/c12-8-9(14-6-1-4-13-5-7-14)10-2-3-11(18-10)15(16)17/h2-3,9,13H,1,4-7H2. The molecule has 1 aliphatic heterocycles. The van der Waals surface area contributed by atoms with Crippen molar-refractivity contribution in [3.05, 3.63) is 27.1 Å². The number of nitrogens with one attached hydrogen (secondary N) is 1. The number of nitriles is 1. The van der Waals surface area contributed by atoms with Gasteiger partial charge in [0.2, 0.25) is 0 Å². The van der Waals surface area contributed by atoms with E-state index < -0.39 is 4.92 Å². The number of thiophene rings is 1. The van der Waals surface area contributed by atoms with E-state index in [9.17, 15) is 15.4 Å². The minimum absolute atomic E-state index is 0.0956. The summed E-state index contributed by atoms with van der Waals surface area (Å²) in [5, 5.41) is 23.3. The smallest absolute Gasteiger partial charge is 0.315 e. The van der Waals surface area contributed by atoms with Crippen molar-refractivity contribution in [2.75, 3.05) is 26.2 Å². The minimum atomic E-state index is -0.410. The average Bonchev–Trinajstić information content (AvgIpc) is 2.68. The molecule has 1 saturated heterocycles. The maximum absolute atomic E-state index is 10.7. The van der Waals surface area contributed by atoms with Gasteiger partial charge in [0, 0.05) is 30.6 Å². The number of hydrogen-bond acceptors (Lipinski definition) is 6. The molecule has 1 aliphatic rings. The SMILES string of the molecule is N#CC(c1ccc([N+](=O)[O-])s1)N1CCCNCC1. The first-order chi connectivity index (χ1) is 8.72. The van der Waals surface area contributed by atoms with Crippen molar-refractivity contribution >= 4 is 16.3 Å². The monoisotopic (exact) mass is 266 g/mol. The van der Waals surface area contributed by atoms with Crippen molar-refractivity contribution in [2.45, 2.75) is 12.5 Å². The Kier molecular flexibility index (Phi) is 4.25. The second-order valence-corrected chi connectivity index (χ2v) is 5.20. The zero-order chi connectivity index (χ0) is 13.0. The first-order valence-corrected chi connectivity index (χ1v) is 6.62. The molecule has 0 spiro atoms. The highest BCUT2D eigenvalue weighted by Gasteiger charge is 2.24. The van der Waals surface area contributed by atoms with Gasteiger partial charge in [0.1, 0.15) is 6.04 Å². The van der Waals surface area contributed by atoms with Gasteiger partial charge >= 0.3 is 5.00 Å². The molecule has 1 unspecified atom stereocenters. The Hall–Kier alpha value is -1.49. The van der Waals surface area contributed by atoms with E-state index in [4.69, 9.17) is 0 Å². The third-order valence-electron chi connectivity index (χ3n) is 2.92. The van der Waals surface area contributed by atoms with Crippen LogP contribution in [0.2, 0.25) is 0 Å². The van der Waals surface area contributed by atoms with E-state index in [0.717, 1.165) is 48.8 Å². The zero-order valence-electron chi connectivity index (χ0n) is 9.83. The molecule has 1 aromatic heterocycles. The third-order valence-corrected chi connectivity index (χ3v) is 4.01. The molecule has 1 aromatic rings. The second kappa shape index (κ2) is 5.91. The van der Waals surface area contributed by atoms with Crippen LogP contribution in [0, 0.1) is 21.4 Å². The highest BCUT2D eigenvalue weighted by Crippen LogP contribution is 2.31. The number of rotatable bonds is 3. The lowest BCUT2D eigenvalue weighted by molar-refractivity contribution is -0.380. The Bertz CT molecular complexity index is 460. The van der Waals surface area contributed by atoms with Gasteiger partial charge in [0.15, 0.2) is 0 Å². The van der Waals surface area contributed by atoms with Gasteiger partial charge in [-0.05, 0) is 19.0 Å². The third kappa shape index (κ3) is 2.85. The van der Waals surface area contributed by atoms with Crippen LogP contribution in [0.1, 0.15) is 17.3 Å². The molecule has 96 valence electrons. The summed E-state index contributed by atoms with van der Waals surface area (Å²) in [4.78, 5) is 13.1. The fraction of sp³-hybridized carbons (Fsp3) is 0.545. The van der Waals surface area contributed by atoms with E-state index in [1.54, 1.807) is 6.07 Å². The Labute approximate surface area is 109 Å². The molecule has 7 heteroatoms. The topological polar surface area (TPSA) is 82.2 Å². The van der Waals surface area contributed by atoms with Crippen LogP contribution in [0.4, 0.5) is 5.00 Å². The molecule has 0 aromatic carbocycles. The van der Waals surface area contributed by atoms with Crippen molar-refractivity contribution in [1.29, 1.82) is 5.26 Å². The van der Waals surface area contributed by atoms with Crippen LogP contribution in [-0.2, 0) is 0 Å². The highest BCUT2D eigenvalue weighted by atomic mass is 32.1. The zero-order valence-corrected chi connectivity index (χ0v) is 10.7. The van der Waals surface area contributed by atoms with Crippen LogP contribution in [0.5, 0.6) is 0 Å². The normalized spacial score (nSPS) is 18.8. The summed E-state index contributed by atoms with van der Waals surface area (Å²) in [5.74, 6) is 0. The Morgan fingerprint density at radius 1 is 1.50 bits per heavy atom. The molecular formula is C11H14N4O2S. The Morgan fingerprint density at radius 3 is 3.00 bits per heavy atom. The molecule has 0 amide bonds. The predicted molar refractivity (Wildman–Crippen MR) is 68.4 cm³/mol. The molecular weight excluding hydrogens is 252 g/mol. The summed E-state index contributed by atoms with van der Waals surface area (Å²) < 4.78 is 0. The fourth-order valence-electron chi connectivity index (χ4n) is 2.04. The van der Waals surface area contributed by atoms with E-state index in [1.807, 2.05) is 0 Å². The summed E-state index contributed by atoms with van der Waals surface area (Å²) >= 11 is 1.09. The summed E-state index contributed by atoms with van der Waals surface area (Å²) in [6.07, 6.45) is 0.992. The van der Waals surface area contributed by atoms with E-state index in [2.05, 4.69) is 16.3 Å². The van der Waals surface area contributed by atoms with E-state index in [1.165, 1.54) is 6.07 Å². The van der Waals surface area contributed by atoms with Gasteiger partial charge in [-0.1, -0.05) is 11.3 Å². The van der Waals surface area contributed by atoms with E-state index in [-0.39, 0.29) is 11.0 Å². The number of nitrogens with zero attached hydrogens (tertiary/aromatic N) is 3. The summed E-state index contributed by atoms with van der Waals surface area (Å²) in [6, 6.07) is 5.04. The summed E-state index contributed by atoms with van der Waals surface area (Å²) in [6.45, 7) is 3.45. The molecule has 0 bridgehead atoms. The van der Waals surface area contributed by atoms with Crippen LogP contribution in [-0.4, -0.2) is 36.0 Å². The second-order valence-electron chi connectivity index (χ2n) is 4.10. The van der Waals surface area contributed by atoms with Crippen LogP contribution in [0.3, 0.4) is 0 Å². The Balaban J connectivity index is 2.16. The van der Waals surface area contributed by atoms with Gasteiger partial charge in [0.25, 0.3) is 0 Å². The minimum Gasteiger partial charge on any atom is -0.315 e. The maximum Gasteiger partial charge on any atom is 0.324 e. The summed E-state index contributed by atoms with van der Waals surface area (Å²) in [7, 11) is 0. The molecule has 18 heavy (non-hydrogen) atoms. The van der Waals surface area contributed by atoms with E-state index >= 15 is 0 Å². The van der Waals surface area contributed by atoms with Crippen LogP contribution in [0.25, 0.3) is 0 Å². The molecule has 1 N–H and O–H groups in total. The molecule has 1 fully saturated rings. The largest absolute Gasteiger partial charge is 0.324 e. The maximum atomic E-state index is 10.7. The number of hydrogen-bond donors (Lipinski definition) is 1. The number of nitro groups is 1. The van der Waals surface area contributed by atoms with E-state index in [0.29, 0.717) is 0 Å². The van der Waals surface area contributed by atoms with Gasteiger partial charge in [-0.3, -0.25) is 15.0 Å². The van der Waals surface area contributed by atoms with Gasteiger partial charge in [-0.25, -0.2) is 0 Å². The molecule has 1 atom stereocenters. The van der Waals surface area contributed by atoms with Gasteiger partial charge in [0.05, 0.1) is 11.0 Å².